The fourth-order valence-corrected chi connectivity index (χ4v) is 3.91. The Bertz CT molecular complexity index is 897. The number of amides is 1. The molecule has 8 heteroatoms. The third-order valence-electron chi connectivity index (χ3n) is 4.15. The van der Waals surface area contributed by atoms with E-state index >= 15 is 0 Å². The normalized spacial score (nSPS) is 11.7. The number of hydrogen-bond donors (Lipinski definition) is 1. The van der Waals surface area contributed by atoms with Crippen molar-refractivity contribution in [3.8, 4) is 5.75 Å². The van der Waals surface area contributed by atoms with Crippen LogP contribution in [-0.4, -0.2) is 44.9 Å². The second kappa shape index (κ2) is 10.6. The standard InChI is InChI=1S/C21H27ClN2O4S/c1-16(2)28-19-10-6-17(7-11-19)5-4-14-23-21(25)15-24(3)29(26,27)20-12-8-18(22)9-13-20/h6-13,16H,4-5,14-15H2,1-3H3,(H,23,25). The second-order valence-electron chi connectivity index (χ2n) is 6.98. The summed E-state index contributed by atoms with van der Waals surface area (Å²) < 4.78 is 31.6. The summed E-state index contributed by atoms with van der Waals surface area (Å²) in [6, 6.07) is 13.7. The Morgan fingerprint density at radius 2 is 1.72 bits per heavy atom. The van der Waals surface area contributed by atoms with Crippen LogP contribution in [-0.2, 0) is 21.2 Å². The first-order chi connectivity index (χ1) is 13.7. The highest BCUT2D eigenvalue weighted by atomic mass is 35.5. The largest absolute Gasteiger partial charge is 0.491 e. The molecular weight excluding hydrogens is 412 g/mol. The van der Waals surface area contributed by atoms with Gasteiger partial charge in [-0.3, -0.25) is 4.79 Å². The van der Waals surface area contributed by atoms with Crippen LogP contribution in [0.5, 0.6) is 5.75 Å². The lowest BCUT2D eigenvalue weighted by Gasteiger charge is -2.17. The number of nitrogens with one attached hydrogen (secondary N) is 1. The predicted molar refractivity (Wildman–Crippen MR) is 115 cm³/mol. The minimum Gasteiger partial charge on any atom is -0.491 e. The molecule has 0 heterocycles. The minimum atomic E-state index is -3.74. The van der Waals surface area contributed by atoms with Gasteiger partial charge in [0, 0.05) is 18.6 Å². The molecule has 0 saturated carbocycles. The van der Waals surface area contributed by atoms with Crippen molar-refractivity contribution in [2.24, 2.45) is 0 Å². The molecule has 29 heavy (non-hydrogen) atoms. The van der Waals surface area contributed by atoms with Gasteiger partial charge in [-0.15, -0.1) is 0 Å². The van der Waals surface area contributed by atoms with Gasteiger partial charge in [-0.05, 0) is 68.7 Å². The van der Waals surface area contributed by atoms with Crippen molar-refractivity contribution in [3.63, 3.8) is 0 Å². The summed E-state index contributed by atoms with van der Waals surface area (Å²) in [5, 5.41) is 3.21. The molecule has 0 atom stereocenters. The van der Waals surface area contributed by atoms with Gasteiger partial charge in [0.1, 0.15) is 5.75 Å². The number of benzene rings is 2. The maximum absolute atomic E-state index is 12.5. The van der Waals surface area contributed by atoms with E-state index in [2.05, 4.69) is 5.32 Å². The number of rotatable bonds is 10. The molecule has 158 valence electrons. The van der Waals surface area contributed by atoms with Gasteiger partial charge in [0.2, 0.25) is 15.9 Å². The lowest BCUT2D eigenvalue weighted by Crippen LogP contribution is -2.38. The molecule has 0 spiro atoms. The Morgan fingerprint density at radius 1 is 1.10 bits per heavy atom. The van der Waals surface area contributed by atoms with Gasteiger partial charge in [0.25, 0.3) is 0 Å². The lowest BCUT2D eigenvalue weighted by atomic mass is 10.1. The Balaban J connectivity index is 1.75. The molecule has 0 aliphatic carbocycles. The van der Waals surface area contributed by atoms with Crippen molar-refractivity contribution >= 4 is 27.5 Å². The van der Waals surface area contributed by atoms with Crippen molar-refractivity contribution in [2.75, 3.05) is 20.1 Å². The van der Waals surface area contributed by atoms with Crippen molar-refractivity contribution in [1.29, 1.82) is 0 Å². The summed E-state index contributed by atoms with van der Waals surface area (Å²) in [5.41, 5.74) is 1.15. The van der Waals surface area contributed by atoms with Crippen LogP contribution in [0.4, 0.5) is 0 Å². The number of ether oxygens (including phenoxy) is 1. The maximum atomic E-state index is 12.5. The van der Waals surface area contributed by atoms with Gasteiger partial charge in [-0.25, -0.2) is 8.42 Å². The average molecular weight is 439 g/mol. The molecule has 0 aliphatic rings. The Hall–Kier alpha value is -2.09. The number of nitrogens with zero attached hydrogens (tertiary/aromatic N) is 1. The molecule has 0 bridgehead atoms. The van der Waals surface area contributed by atoms with Gasteiger partial charge in [0.05, 0.1) is 17.5 Å². The molecule has 0 fully saturated rings. The zero-order valence-electron chi connectivity index (χ0n) is 16.9. The van der Waals surface area contributed by atoms with Crippen molar-refractivity contribution in [1.82, 2.24) is 9.62 Å². The summed E-state index contributed by atoms with van der Waals surface area (Å²) in [5.74, 6) is 0.493. The van der Waals surface area contributed by atoms with E-state index in [0.717, 1.165) is 28.5 Å². The van der Waals surface area contributed by atoms with Gasteiger partial charge in [0.15, 0.2) is 0 Å². The van der Waals surface area contributed by atoms with E-state index in [1.54, 1.807) is 0 Å². The Morgan fingerprint density at radius 3 is 2.31 bits per heavy atom. The molecule has 2 rings (SSSR count). The molecule has 0 aliphatic heterocycles. The van der Waals surface area contributed by atoms with Crippen molar-refractivity contribution in [2.45, 2.75) is 37.7 Å². The summed E-state index contributed by atoms with van der Waals surface area (Å²) in [4.78, 5) is 12.2. The number of carbonyl (C=O) groups excluding carboxylic acids is 1. The number of carbonyl (C=O) groups is 1. The third-order valence-corrected chi connectivity index (χ3v) is 6.22. The van der Waals surface area contributed by atoms with Crippen LogP contribution in [0.2, 0.25) is 5.02 Å². The van der Waals surface area contributed by atoms with E-state index in [1.165, 1.54) is 31.3 Å². The zero-order chi connectivity index (χ0) is 21.4. The van der Waals surface area contributed by atoms with Crippen LogP contribution in [0, 0.1) is 0 Å². The van der Waals surface area contributed by atoms with Gasteiger partial charge in [-0.2, -0.15) is 4.31 Å². The SMILES string of the molecule is CC(C)Oc1ccc(CCCNC(=O)CN(C)S(=O)(=O)c2ccc(Cl)cc2)cc1. The highest BCUT2D eigenvalue weighted by Crippen LogP contribution is 2.17. The maximum Gasteiger partial charge on any atom is 0.243 e. The highest BCUT2D eigenvalue weighted by molar-refractivity contribution is 7.89. The molecular formula is C21H27ClN2O4S. The number of aryl methyl sites for hydroxylation is 1. The number of likely N-dealkylation sites (N-methyl/N-ethyl adjacent to an activating group) is 1. The monoisotopic (exact) mass is 438 g/mol. The smallest absolute Gasteiger partial charge is 0.243 e. The molecule has 0 saturated heterocycles. The summed E-state index contributed by atoms with van der Waals surface area (Å²) in [7, 11) is -2.36. The molecule has 2 aromatic rings. The fraction of sp³-hybridized carbons (Fsp3) is 0.381. The number of hydrogen-bond acceptors (Lipinski definition) is 4. The van der Waals surface area contributed by atoms with Crippen molar-refractivity contribution < 1.29 is 17.9 Å². The molecule has 0 radical (unpaired) electrons. The summed E-state index contributed by atoms with van der Waals surface area (Å²) in [6.07, 6.45) is 1.70. The molecule has 1 amide bonds. The fourth-order valence-electron chi connectivity index (χ4n) is 2.66. The molecule has 1 N–H and O–H groups in total. The molecule has 6 nitrogen and oxygen atoms in total. The first-order valence-electron chi connectivity index (χ1n) is 9.42. The van der Waals surface area contributed by atoms with Crippen LogP contribution >= 0.6 is 11.6 Å². The Labute approximate surface area is 177 Å². The van der Waals surface area contributed by atoms with E-state index < -0.39 is 10.0 Å². The van der Waals surface area contributed by atoms with Crippen LogP contribution in [0.15, 0.2) is 53.4 Å². The van der Waals surface area contributed by atoms with Gasteiger partial charge < -0.3 is 10.1 Å². The molecule has 0 aromatic heterocycles. The summed E-state index contributed by atoms with van der Waals surface area (Å²) in [6.45, 7) is 4.19. The minimum absolute atomic E-state index is 0.0992. The number of halogens is 1. The predicted octanol–water partition coefficient (Wildman–Crippen LogP) is 3.50. The van der Waals surface area contributed by atoms with E-state index in [-0.39, 0.29) is 23.5 Å². The third kappa shape index (κ3) is 7.34. The van der Waals surface area contributed by atoms with Crippen LogP contribution in [0.3, 0.4) is 0 Å². The molecule has 2 aromatic carbocycles. The van der Waals surface area contributed by atoms with Gasteiger partial charge in [-0.1, -0.05) is 23.7 Å². The Kier molecular flexibility index (Phi) is 8.49. The molecule has 0 unspecified atom stereocenters. The van der Waals surface area contributed by atoms with Crippen molar-refractivity contribution in [3.05, 3.63) is 59.1 Å². The highest BCUT2D eigenvalue weighted by Gasteiger charge is 2.22. The average Bonchev–Trinajstić information content (AvgIpc) is 2.66. The quantitative estimate of drug-likeness (QED) is 0.576. The summed E-state index contributed by atoms with van der Waals surface area (Å²) >= 11 is 5.79. The zero-order valence-corrected chi connectivity index (χ0v) is 18.5. The lowest BCUT2D eigenvalue weighted by molar-refractivity contribution is -0.121. The van der Waals surface area contributed by atoms with E-state index in [4.69, 9.17) is 16.3 Å². The van der Waals surface area contributed by atoms with Crippen LogP contribution in [0.25, 0.3) is 0 Å². The van der Waals surface area contributed by atoms with Crippen LogP contribution in [0.1, 0.15) is 25.8 Å². The number of sulfonamides is 1. The van der Waals surface area contributed by atoms with Crippen LogP contribution < -0.4 is 10.1 Å². The van der Waals surface area contributed by atoms with E-state index in [9.17, 15) is 13.2 Å². The van der Waals surface area contributed by atoms with Gasteiger partial charge >= 0.3 is 0 Å². The first-order valence-corrected chi connectivity index (χ1v) is 11.2. The van der Waals surface area contributed by atoms with E-state index in [0.29, 0.717) is 11.6 Å². The second-order valence-corrected chi connectivity index (χ2v) is 9.46. The topological polar surface area (TPSA) is 75.7 Å². The first kappa shape index (κ1) is 23.2. The van der Waals surface area contributed by atoms with E-state index in [1.807, 2.05) is 38.1 Å².